The molecule has 1 aromatic heterocycles. The molecule has 1 rings (SSSR count). The van der Waals surface area contributed by atoms with E-state index in [4.69, 9.17) is 5.11 Å². The highest BCUT2D eigenvalue weighted by molar-refractivity contribution is 5.95. The summed E-state index contributed by atoms with van der Waals surface area (Å²) in [6, 6.07) is 1.35. The van der Waals surface area contributed by atoms with Crippen LogP contribution in [0.4, 0.5) is 0 Å². The van der Waals surface area contributed by atoms with Crippen LogP contribution in [0.15, 0.2) is 6.07 Å². The summed E-state index contributed by atoms with van der Waals surface area (Å²) in [5.74, 6) is -1.64. The molecule has 0 saturated heterocycles. The molecule has 0 radical (unpaired) electrons. The maximum atomic E-state index is 11.5. The van der Waals surface area contributed by atoms with Gasteiger partial charge >= 0.3 is 11.9 Å². The molecule has 0 aromatic carbocycles. The van der Waals surface area contributed by atoms with E-state index in [0.29, 0.717) is 24.2 Å². The van der Waals surface area contributed by atoms with Crippen molar-refractivity contribution in [2.24, 2.45) is 0 Å². The average Bonchev–Trinajstić information content (AvgIpc) is 2.35. The fraction of sp³-hybridized carbons (Fsp3) is 0.417. The van der Waals surface area contributed by atoms with Gasteiger partial charge in [0.25, 0.3) is 0 Å². The molecular formula is C12H15NO4. The first-order valence-electron chi connectivity index (χ1n) is 5.39. The number of carbonyl (C=O) groups excluding carboxylic acids is 1. The number of nitrogens with zero attached hydrogens (tertiary/aromatic N) is 1. The van der Waals surface area contributed by atoms with Crippen molar-refractivity contribution in [1.29, 1.82) is 0 Å². The van der Waals surface area contributed by atoms with Crippen LogP contribution in [0.25, 0.3) is 0 Å². The number of rotatable bonds is 4. The van der Waals surface area contributed by atoms with Crippen molar-refractivity contribution in [3.8, 4) is 0 Å². The number of pyridine rings is 1. The van der Waals surface area contributed by atoms with Gasteiger partial charge in [-0.05, 0) is 18.9 Å². The Labute approximate surface area is 99.4 Å². The fourth-order valence-corrected chi connectivity index (χ4v) is 1.61. The van der Waals surface area contributed by atoms with Gasteiger partial charge in [0.1, 0.15) is 0 Å². The zero-order chi connectivity index (χ0) is 13.0. The van der Waals surface area contributed by atoms with Gasteiger partial charge in [0.2, 0.25) is 0 Å². The highest BCUT2D eigenvalue weighted by Gasteiger charge is 2.19. The van der Waals surface area contributed by atoms with Crippen LogP contribution < -0.4 is 0 Å². The third-order valence-corrected chi connectivity index (χ3v) is 2.49. The summed E-state index contributed by atoms with van der Waals surface area (Å²) in [5.41, 5.74) is 1.34. The van der Waals surface area contributed by atoms with Gasteiger partial charge in [0.15, 0.2) is 0 Å². The van der Waals surface area contributed by atoms with Crippen LogP contribution in [-0.4, -0.2) is 29.1 Å². The van der Waals surface area contributed by atoms with Crippen molar-refractivity contribution in [3.63, 3.8) is 0 Å². The van der Waals surface area contributed by atoms with Crippen molar-refractivity contribution in [3.05, 3.63) is 28.6 Å². The SMILES string of the molecule is CCc1nc(CC)c(C(=O)OC)cc1C(=O)O. The molecule has 92 valence electrons. The van der Waals surface area contributed by atoms with Gasteiger partial charge in [-0.2, -0.15) is 0 Å². The molecule has 0 unspecified atom stereocenters. The number of aromatic nitrogens is 1. The van der Waals surface area contributed by atoms with E-state index in [0.717, 1.165) is 0 Å². The zero-order valence-corrected chi connectivity index (χ0v) is 10.1. The number of carbonyl (C=O) groups is 2. The van der Waals surface area contributed by atoms with E-state index in [9.17, 15) is 9.59 Å². The van der Waals surface area contributed by atoms with Gasteiger partial charge in [-0.3, -0.25) is 4.98 Å². The van der Waals surface area contributed by atoms with Crippen LogP contribution >= 0.6 is 0 Å². The number of carboxylic acid groups (broad SMARTS) is 1. The Morgan fingerprint density at radius 1 is 1.24 bits per heavy atom. The molecule has 0 atom stereocenters. The molecule has 1 heterocycles. The second kappa shape index (κ2) is 5.43. The monoisotopic (exact) mass is 237 g/mol. The van der Waals surface area contributed by atoms with Crippen molar-refractivity contribution < 1.29 is 19.4 Å². The lowest BCUT2D eigenvalue weighted by molar-refractivity contribution is 0.0599. The first-order chi connectivity index (χ1) is 8.04. The maximum absolute atomic E-state index is 11.5. The van der Waals surface area contributed by atoms with Gasteiger partial charge in [-0.15, -0.1) is 0 Å². The number of esters is 1. The predicted octanol–water partition coefficient (Wildman–Crippen LogP) is 1.69. The van der Waals surface area contributed by atoms with Gasteiger partial charge < -0.3 is 9.84 Å². The molecule has 0 spiro atoms. The molecule has 0 aliphatic rings. The lowest BCUT2D eigenvalue weighted by Gasteiger charge is -2.10. The summed E-state index contributed by atoms with van der Waals surface area (Å²) in [6.45, 7) is 3.68. The summed E-state index contributed by atoms with van der Waals surface area (Å²) in [5, 5.41) is 9.05. The predicted molar refractivity (Wildman–Crippen MR) is 61.3 cm³/mol. The summed E-state index contributed by atoms with van der Waals surface area (Å²) in [6.07, 6.45) is 1.06. The zero-order valence-electron chi connectivity index (χ0n) is 10.1. The van der Waals surface area contributed by atoms with Gasteiger partial charge in [-0.1, -0.05) is 13.8 Å². The van der Waals surface area contributed by atoms with Crippen LogP contribution in [0.1, 0.15) is 46.0 Å². The van der Waals surface area contributed by atoms with Crippen molar-refractivity contribution in [2.75, 3.05) is 7.11 Å². The lowest BCUT2D eigenvalue weighted by Crippen LogP contribution is -2.13. The molecule has 0 bridgehead atoms. The summed E-state index contributed by atoms with van der Waals surface area (Å²) in [7, 11) is 1.26. The van der Waals surface area contributed by atoms with Gasteiger partial charge in [-0.25, -0.2) is 9.59 Å². The van der Waals surface area contributed by atoms with E-state index in [-0.39, 0.29) is 11.1 Å². The minimum atomic E-state index is -1.08. The molecule has 0 fully saturated rings. The summed E-state index contributed by atoms with van der Waals surface area (Å²) < 4.78 is 4.62. The normalized spacial score (nSPS) is 10.1. The smallest absolute Gasteiger partial charge is 0.339 e. The maximum Gasteiger partial charge on any atom is 0.339 e. The van der Waals surface area contributed by atoms with Crippen molar-refractivity contribution >= 4 is 11.9 Å². The van der Waals surface area contributed by atoms with E-state index < -0.39 is 11.9 Å². The third-order valence-electron chi connectivity index (χ3n) is 2.49. The van der Waals surface area contributed by atoms with Crippen molar-refractivity contribution in [1.82, 2.24) is 4.98 Å². The summed E-state index contributed by atoms with van der Waals surface area (Å²) >= 11 is 0. The molecule has 5 heteroatoms. The molecule has 0 aliphatic carbocycles. The van der Waals surface area contributed by atoms with Gasteiger partial charge in [0, 0.05) is 0 Å². The molecule has 0 saturated carbocycles. The Morgan fingerprint density at radius 3 is 2.18 bits per heavy atom. The molecule has 1 aromatic rings. The molecule has 0 aliphatic heterocycles. The van der Waals surface area contributed by atoms with E-state index in [2.05, 4.69) is 9.72 Å². The van der Waals surface area contributed by atoms with E-state index in [1.165, 1.54) is 13.2 Å². The van der Waals surface area contributed by atoms with Crippen LogP contribution in [0.3, 0.4) is 0 Å². The van der Waals surface area contributed by atoms with Crippen LogP contribution in [0.5, 0.6) is 0 Å². The average molecular weight is 237 g/mol. The Bertz CT molecular complexity index is 454. The Balaban J connectivity index is 3.44. The number of ether oxygens (including phenoxy) is 1. The minimum Gasteiger partial charge on any atom is -0.478 e. The van der Waals surface area contributed by atoms with E-state index in [1.54, 1.807) is 0 Å². The number of aryl methyl sites for hydroxylation is 2. The van der Waals surface area contributed by atoms with Crippen molar-refractivity contribution in [2.45, 2.75) is 26.7 Å². The van der Waals surface area contributed by atoms with Gasteiger partial charge in [0.05, 0.1) is 29.6 Å². The van der Waals surface area contributed by atoms with Crippen LogP contribution in [0, 0.1) is 0 Å². The van der Waals surface area contributed by atoms with Crippen LogP contribution in [-0.2, 0) is 17.6 Å². The first kappa shape index (κ1) is 13.2. The lowest BCUT2D eigenvalue weighted by atomic mass is 10.0. The fourth-order valence-electron chi connectivity index (χ4n) is 1.61. The third kappa shape index (κ3) is 2.61. The Morgan fingerprint density at radius 2 is 1.76 bits per heavy atom. The number of hydrogen-bond acceptors (Lipinski definition) is 4. The largest absolute Gasteiger partial charge is 0.478 e. The molecular weight excluding hydrogens is 222 g/mol. The topological polar surface area (TPSA) is 76.5 Å². The number of carboxylic acids is 1. The number of methoxy groups -OCH3 is 1. The van der Waals surface area contributed by atoms with E-state index >= 15 is 0 Å². The number of aromatic carboxylic acids is 1. The standard InChI is InChI=1S/C12H15NO4/c1-4-9-7(11(14)15)6-8(12(16)17-3)10(5-2)13-9/h6H,4-5H2,1-3H3,(H,14,15). The Kier molecular flexibility index (Phi) is 4.20. The first-order valence-corrected chi connectivity index (χ1v) is 5.39. The molecule has 1 N–H and O–H groups in total. The highest BCUT2D eigenvalue weighted by atomic mass is 16.5. The highest BCUT2D eigenvalue weighted by Crippen LogP contribution is 2.16. The van der Waals surface area contributed by atoms with Crippen LogP contribution in [0.2, 0.25) is 0 Å². The summed E-state index contributed by atoms with van der Waals surface area (Å²) in [4.78, 5) is 26.8. The Hall–Kier alpha value is -1.91. The number of hydrogen-bond donors (Lipinski definition) is 1. The quantitative estimate of drug-likeness (QED) is 0.806. The second-order valence-electron chi connectivity index (χ2n) is 3.48. The minimum absolute atomic E-state index is 0.0603. The second-order valence-corrected chi connectivity index (χ2v) is 3.48. The molecule has 0 amide bonds. The van der Waals surface area contributed by atoms with E-state index in [1.807, 2.05) is 13.8 Å². The molecule has 5 nitrogen and oxygen atoms in total. The molecule has 17 heavy (non-hydrogen) atoms.